The minimum atomic E-state index is -0.317. The number of carbonyl (C=O) groups excluding carboxylic acids is 1. The van der Waals surface area contributed by atoms with E-state index in [-0.39, 0.29) is 42.9 Å². The maximum Gasteiger partial charge on any atom is 0.249 e. The molecular formula is C12H27Cl2N3O3. The zero-order chi connectivity index (χ0) is 13.4. The summed E-state index contributed by atoms with van der Waals surface area (Å²) < 4.78 is 10.5. The van der Waals surface area contributed by atoms with Crippen molar-refractivity contribution in [2.24, 2.45) is 5.73 Å². The largest absolute Gasteiger partial charge is 0.383 e. The number of nitrogens with two attached hydrogens (primary N) is 1. The van der Waals surface area contributed by atoms with E-state index in [4.69, 9.17) is 15.2 Å². The van der Waals surface area contributed by atoms with Crippen molar-refractivity contribution in [3.05, 3.63) is 0 Å². The molecule has 0 aromatic rings. The van der Waals surface area contributed by atoms with Crippen molar-refractivity contribution in [2.75, 3.05) is 46.9 Å². The van der Waals surface area contributed by atoms with E-state index in [0.717, 1.165) is 25.9 Å². The quantitative estimate of drug-likeness (QED) is 0.656. The first-order valence-corrected chi connectivity index (χ1v) is 6.48. The van der Waals surface area contributed by atoms with Crippen molar-refractivity contribution in [1.29, 1.82) is 0 Å². The summed E-state index contributed by atoms with van der Waals surface area (Å²) in [6.45, 7) is 3.49. The number of rotatable bonds is 8. The van der Waals surface area contributed by atoms with Gasteiger partial charge in [-0.05, 0) is 19.9 Å². The molecule has 0 aliphatic carbocycles. The highest BCUT2D eigenvalue weighted by molar-refractivity contribution is 5.85. The van der Waals surface area contributed by atoms with E-state index in [1.54, 1.807) is 7.11 Å². The Morgan fingerprint density at radius 1 is 1.40 bits per heavy atom. The summed E-state index contributed by atoms with van der Waals surface area (Å²) in [7, 11) is 3.68. The Labute approximate surface area is 133 Å². The van der Waals surface area contributed by atoms with E-state index in [0.29, 0.717) is 19.7 Å². The van der Waals surface area contributed by atoms with Gasteiger partial charge in [-0.1, -0.05) is 0 Å². The monoisotopic (exact) mass is 331 g/mol. The number of carbonyl (C=O) groups is 1. The second-order valence-electron chi connectivity index (χ2n) is 4.65. The van der Waals surface area contributed by atoms with Crippen LogP contribution < -0.4 is 11.1 Å². The molecule has 0 unspecified atom stereocenters. The lowest BCUT2D eigenvalue weighted by molar-refractivity contribution is -0.131. The highest BCUT2D eigenvalue weighted by atomic mass is 35.5. The van der Waals surface area contributed by atoms with Gasteiger partial charge in [-0.3, -0.25) is 4.79 Å². The Kier molecular flexibility index (Phi) is 14.0. The predicted octanol–water partition coefficient (Wildman–Crippen LogP) is 0.0307. The number of likely N-dealkylation sites (N-methyl/N-ethyl adjacent to an activating group) is 1. The molecule has 0 saturated carbocycles. The molecule has 0 radical (unpaired) electrons. The SMILES string of the molecule is COCCN(C)CCNC(=O)[C@@H]1CC[C@H](CN)O1.Cl.Cl. The van der Waals surface area contributed by atoms with Crippen molar-refractivity contribution in [2.45, 2.75) is 25.0 Å². The average Bonchev–Trinajstić information content (AvgIpc) is 2.85. The number of amides is 1. The van der Waals surface area contributed by atoms with Crippen LogP contribution in [0.4, 0.5) is 0 Å². The van der Waals surface area contributed by atoms with Crippen molar-refractivity contribution in [1.82, 2.24) is 10.2 Å². The summed E-state index contributed by atoms with van der Waals surface area (Å²) in [6, 6.07) is 0. The molecule has 8 heteroatoms. The van der Waals surface area contributed by atoms with Crippen LogP contribution in [0.3, 0.4) is 0 Å². The summed E-state index contributed by atoms with van der Waals surface area (Å²) >= 11 is 0. The van der Waals surface area contributed by atoms with Gasteiger partial charge in [0.05, 0.1) is 12.7 Å². The summed E-state index contributed by atoms with van der Waals surface area (Å²) in [5, 5.41) is 2.89. The summed E-state index contributed by atoms with van der Waals surface area (Å²) in [6.07, 6.45) is 1.38. The second-order valence-corrected chi connectivity index (χ2v) is 4.65. The van der Waals surface area contributed by atoms with Crippen molar-refractivity contribution >= 4 is 30.7 Å². The Morgan fingerprint density at radius 2 is 2.10 bits per heavy atom. The molecule has 1 aliphatic heterocycles. The first-order chi connectivity index (χ1) is 8.67. The van der Waals surface area contributed by atoms with Crippen molar-refractivity contribution in [3.8, 4) is 0 Å². The number of hydrogen-bond acceptors (Lipinski definition) is 5. The minimum absolute atomic E-state index is 0. The lowest BCUT2D eigenvalue weighted by Gasteiger charge is -2.17. The second kappa shape index (κ2) is 12.6. The first kappa shape index (κ1) is 22.2. The van der Waals surface area contributed by atoms with E-state index < -0.39 is 0 Å². The van der Waals surface area contributed by atoms with Gasteiger partial charge in [-0.25, -0.2) is 0 Å². The maximum absolute atomic E-state index is 11.8. The van der Waals surface area contributed by atoms with Gasteiger partial charge in [0.25, 0.3) is 0 Å². The van der Waals surface area contributed by atoms with Crippen LogP contribution in [0, 0.1) is 0 Å². The molecule has 0 spiro atoms. The molecule has 1 aliphatic rings. The molecule has 1 saturated heterocycles. The van der Waals surface area contributed by atoms with Gasteiger partial charge in [-0.2, -0.15) is 0 Å². The summed E-state index contributed by atoms with van der Waals surface area (Å²) in [4.78, 5) is 13.9. The lowest BCUT2D eigenvalue weighted by Crippen LogP contribution is -2.39. The van der Waals surface area contributed by atoms with Gasteiger partial charge < -0.3 is 25.4 Å². The van der Waals surface area contributed by atoms with Gasteiger partial charge in [0, 0.05) is 33.3 Å². The standard InChI is InChI=1S/C12H25N3O3.2ClH/c1-15(7-8-17-2)6-5-14-12(16)11-4-3-10(9-13)18-11;;/h10-11H,3-9,13H2,1-2H3,(H,14,16);2*1H/t10-,11+;;/m1../s1. The van der Waals surface area contributed by atoms with E-state index in [9.17, 15) is 4.79 Å². The van der Waals surface area contributed by atoms with Gasteiger partial charge in [-0.15, -0.1) is 24.8 Å². The Morgan fingerprint density at radius 3 is 2.65 bits per heavy atom. The molecule has 0 aromatic carbocycles. The van der Waals surface area contributed by atoms with Crippen LogP contribution in [0.5, 0.6) is 0 Å². The summed E-state index contributed by atoms with van der Waals surface area (Å²) in [5.74, 6) is -0.0221. The van der Waals surface area contributed by atoms with Crippen LogP contribution in [0.2, 0.25) is 0 Å². The van der Waals surface area contributed by atoms with Crippen LogP contribution in [-0.4, -0.2) is 70.0 Å². The van der Waals surface area contributed by atoms with Crippen LogP contribution in [0.15, 0.2) is 0 Å². The highest BCUT2D eigenvalue weighted by Gasteiger charge is 2.29. The Balaban J connectivity index is 0. The number of nitrogens with one attached hydrogen (secondary N) is 1. The fraction of sp³-hybridized carbons (Fsp3) is 0.917. The molecule has 3 N–H and O–H groups in total. The van der Waals surface area contributed by atoms with Gasteiger partial charge >= 0.3 is 0 Å². The van der Waals surface area contributed by atoms with Crippen molar-refractivity contribution < 1.29 is 14.3 Å². The minimum Gasteiger partial charge on any atom is -0.383 e. The third-order valence-electron chi connectivity index (χ3n) is 3.13. The molecule has 2 atom stereocenters. The smallest absolute Gasteiger partial charge is 0.249 e. The van der Waals surface area contributed by atoms with Crippen LogP contribution >= 0.6 is 24.8 Å². The fourth-order valence-corrected chi connectivity index (χ4v) is 1.91. The molecule has 0 bridgehead atoms. The van der Waals surface area contributed by atoms with E-state index >= 15 is 0 Å². The van der Waals surface area contributed by atoms with Crippen LogP contribution in [-0.2, 0) is 14.3 Å². The van der Waals surface area contributed by atoms with E-state index in [2.05, 4.69) is 10.2 Å². The van der Waals surface area contributed by atoms with E-state index in [1.165, 1.54) is 0 Å². The molecule has 1 heterocycles. The first-order valence-electron chi connectivity index (χ1n) is 6.48. The number of halogens is 2. The Hall–Kier alpha value is -0.110. The molecule has 122 valence electrons. The Bertz CT molecular complexity index is 260. The molecule has 1 fully saturated rings. The number of nitrogens with zero attached hydrogens (tertiary/aromatic N) is 1. The number of hydrogen-bond donors (Lipinski definition) is 2. The predicted molar refractivity (Wildman–Crippen MR) is 83.8 cm³/mol. The van der Waals surface area contributed by atoms with Crippen LogP contribution in [0.1, 0.15) is 12.8 Å². The number of methoxy groups -OCH3 is 1. The fourth-order valence-electron chi connectivity index (χ4n) is 1.91. The number of ether oxygens (including phenoxy) is 2. The summed E-state index contributed by atoms with van der Waals surface area (Å²) in [5.41, 5.74) is 5.51. The maximum atomic E-state index is 11.8. The van der Waals surface area contributed by atoms with Gasteiger partial charge in [0.2, 0.25) is 5.91 Å². The van der Waals surface area contributed by atoms with Gasteiger partial charge in [0.15, 0.2) is 0 Å². The molecule has 6 nitrogen and oxygen atoms in total. The third-order valence-corrected chi connectivity index (χ3v) is 3.13. The normalized spacial score (nSPS) is 21.2. The van der Waals surface area contributed by atoms with Crippen LogP contribution in [0.25, 0.3) is 0 Å². The van der Waals surface area contributed by atoms with Crippen molar-refractivity contribution in [3.63, 3.8) is 0 Å². The zero-order valence-corrected chi connectivity index (χ0v) is 13.8. The molecule has 1 rings (SSSR count). The molecular weight excluding hydrogens is 305 g/mol. The molecule has 20 heavy (non-hydrogen) atoms. The van der Waals surface area contributed by atoms with Gasteiger partial charge in [0.1, 0.15) is 6.10 Å². The van der Waals surface area contributed by atoms with E-state index in [1.807, 2.05) is 7.05 Å². The average molecular weight is 332 g/mol. The third kappa shape index (κ3) is 8.24. The lowest BCUT2D eigenvalue weighted by atomic mass is 10.2. The molecule has 1 amide bonds. The highest BCUT2D eigenvalue weighted by Crippen LogP contribution is 2.18. The zero-order valence-electron chi connectivity index (χ0n) is 12.2. The molecule has 0 aromatic heterocycles. The topological polar surface area (TPSA) is 76.8 Å².